The zero-order valence-corrected chi connectivity index (χ0v) is 5.48. The van der Waals surface area contributed by atoms with Crippen molar-refractivity contribution in [2.45, 2.75) is 0 Å². The van der Waals surface area contributed by atoms with Gasteiger partial charge in [-0.25, -0.2) is 0 Å². The SMILES string of the molecule is [2H]C(=O)O.[K]. The van der Waals surface area contributed by atoms with E-state index in [0.717, 1.165) is 0 Å². The molecule has 0 fully saturated rings. The van der Waals surface area contributed by atoms with Gasteiger partial charge in [0.05, 0.1) is 0 Å². The molecule has 0 rings (SSSR count). The molecule has 0 aromatic heterocycles. The van der Waals surface area contributed by atoms with Crippen molar-refractivity contribution in [2.24, 2.45) is 0 Å². The van der Waals surface area contributed by atoms with Crippen molar-refractivity contribution in [3.63, 3.8) is 0 Å². The van der Waals surface area contributed by atoms with Crippen molar-refractivity contribution in [3.8, 4) is 0 Å². The molecule has 2 nitrogen and oxygen atoms in total. The first-order valence-electron chi connectivity index (χ1n) is 0.928. The van der Waals surface area contributed by atoms with Gasteiger partial charge >= 0.3 is 0 Å². The average molecular weight is 86.1 g/mol. The summed E-state index contributed by atoms with van der Waals surface area (Å²) in [5.74, 6) is 0. The second-order valence-electron chi connectivity index (χ2n) is 0.0913. The fourth-order valence-corrected chi connectivity index (χ4v) is 0. The molecular formula is CH2KO2. The third-order valence-corrected chi connectivity index (χ3v) is 0. The Kier molecular flexibility index (Phi) is 11.4. The third-order valence-electron chi connectivity index (χ3n) is 0. The Morgan fingerprint density at radius 2 is 2.25 bits per heavy atom. The van der Waals surface area contributed by atoms with Crippen molar-refractivity contribution >= 4 is 57.8 Å². The predicted octanol–water partition coefficient (Wildman–Crippen LogP) is -0.680. The van der Waals surface area contributed by atoms with E-state index in [1.807, 2.05) is 0 Å². The quantitative estimate of drug-likeness (QED) is 0.313. The maximum Gasteiger partial charge on any atom is 0.290 e. The van der Waals surface area contributed by atoms with Crippen LogP contribution in [0.15, 0.2) is 0 Å². The van der Waals surface area contributed by atoms with Crippen LogP contribution in [-0.2, 0) is 4.79 Å². The molecule has 0 aliphatic rings. The molecule has 0 amide bonds. The molecule has 3 heteroatoms. The van der Waals surface area contributed by atoms with Gasteiger partial charge in [0.15, 0.2) is 1.37 Å². The molecule has 1 N–H and O–H groups in total. The molecule has 0 saturated heterocycles. The summed E-state index contributed by atoms with van der Waals surface area (Å²) in [4.78, 5) is 8.67. The van der Waals surface area contributed by atoms with Gasteiger partial charge in [-0.15, -0.1) is 0 Å². The van der Waals surface area contributed by atoms with Gasteiger partial charge in [-0.1, -0.05) is 0 Å². The smallest absolute Gasteiger partial charge is 0.290 e. The number of carbonyl (C=O) groups is 1. The van der Waals surface area contributed by atoms with Crippen LogP contribution in [0.2, 0.25) is 0 Å². The van der Waals surface area contributed by atoms with Crippen LogP contribution in [0, 0.1) is 0 Å². The summed E-state index contributed by atoms with van der Waals surface area (Å²) in [6.07, 6.45) is -1.58. The van der Waals surface area contributed by atoms with Crippen LogP contribution in [0.25, 0.3) is 0 Å². The second-order valence-corrected chi connectivity index (χ2v) is 0.0913. The second kappa shape index (κ2) is 8.93. The standard InChI is InChI=1S/CH2O2.K/c2-1-3;/h1H,(H,2,3);/i1D;. The molecule has 0 aromatic carbocycles. The zero-order chi connectivity index (χ0) is 3.58. The monoisotopic (exact) mass is 86.0 g/mol. The molecular weight excluding hydrogens is 83.1 g/mol. The third kappa shape index (κ3) is 11.3. The molecule has 4 heavy (non-hydrogen) atoms. The van der Waals surface area contributed by atoms with Gasteiger partial charge in [0, 0.05) is 51.4 Å². The minimum absolute atomic E-state index is 0. The minimum atomic E-state index is -1.58. The molecule has 1 radical (unpaired) electrons. The van der Waals surface area contributed by atoms with Crippen molar-refractivity contribution in [1.82, 2.24) is 0 Å². The first-order valence-corrected chi connectivity index (χ1v) is 0.428. The maximum atomic E-state index is 8.67. The van der Waals surface area contributed by atoms with Crippen LogP contribution < -0.4 is 0 Å². The van der Waals surface area contributed by atoms with E-state index < -0.39 is 6.45 Å². The Morgan fingerprint density at radius 1 is 2.25 bits per heavy atom. The van der Waals surface area contributed by atoms with Crippen molar-refractivity contribution < 1.29 is 11.3 Å². The molecule has 0 spiro atoms. The van der Waals surface area contributed by atoms with Crippen LogP contribution >= 0.6 is 0 Å². The summed E-state index contributed by atoms with van der Waals surface area (Å²) >= 11 is 0. The molecule has 0 unspecified atom stereocenters. The van der Waals surface area contributed by atoms with Crippen molar-refractivity contribution in [3.05, 3.63) is 0 Å². The molecule has 19 valence electrons. The van der Waals surface area contributed by atoms with E-state index in [1.54, 1.807) is 0 Å². The molecule has 0 atom stereocenters. The van der Waals surface area contributed by atoms with Crippen molar-refractivity contribution in [1.29, 1.82) is 0 Å². The van der Waals surface area contributed by atoms with Gasteiger partial charge in [0.25, 0.3) is 6.45 Å². The van der Waals surface area contributed by atoms with Crippen LogP contribution in [0.1, 0.15) is 1.37 Å². The van der Waals surface area contributed by atoms with Gasteiger partial charge < -0.3 is 5.11 Å². The summed E-state index contributed by atoms with van der Waals surface area (Å²) < 4.78 is 5.50. The van der Waals surface area contributed by atoms with E-state index in [0.29, 0.717) is 0 Å². The van der Waals surface area contributed by atoms with Gasteiger partial charge in [0.1, 0.15) is 0 Å². The maximum absolute atomic E-state index is 8.67. The molecule has 0 saturated carbocycles. The average Bonchev–Trinajstić information content (AvgIpc) is 0.811. The zero-order valence-electron chi connectivity index (χ0n) is 3.36. The van der Waals surface area contributed by atoms with Gasteiger partial charge in [-0.2, -0.15) is 0 Å². The summed E-state index contributed by atoms with van der Waals surface area (Å²) in [5.41, 5.74) is 0. The number of carboxylic acid groups (broad SMARTS) is 1. The van der Waals surface area contributed by atoms with E-state index in [2.05, 4.69) is 0 Å². The molecule has 0 aromatic rings. The van der Waals surface area contributed by atoms with Crippen LogP contribution in [0.3, 0.4) is 0 Å². The summed E-state index contributed by atoms with van der Waals surface area (Å²) in [7, 11) is 0. The molecule has 0 bridgehead atoms. The Bertz CT molecular complexity index is 32.6. The van der Waals surface area contributed by atoms with Crippen molar-refractivity contribution in [2.75, 3.05) is 0 Å². The Morgan fingerprint density at radius 3 is 2.25 bits per heavy atom. The summed E-state index contributed by atoms with van der Waals surface area (Å²) in [5, 5.41) is 7.08. The van der Waals surface area contributed by atoms with E-state index in [9.17, 15) is 0 Å². The van der Waals surface area contributed by atoms with Crippen LogP contribution in [0.4, 0.5) is 0 Å². The number of hydrogen-bond donors (Lipinski definition) is 1. The fourth-order valence-electron chi connectivity index (χ4n) is 0. The number of hydrogen-bond acceptors (Lipinski definition) is 1. The van der Waals surface area contributed by atoms with Gasteiger partial charge in [-0.3, -0.25) is 4.79 Å². The van der Waals surface area contributed by atoms with Crippen LogP contribution in [0.5, 0.6) is 0 Å². The van der Waals surface area contributed by atoms with E-state index in [-0.39, 0.29) is 51.4 Å². The fraction of sp³-hybridized carbons (Fsp3) is 0. The van der Waals surface area contributed by atoms with Gasteiger partial charge in [0.2, 0.25) is 0 Å². The first kappa shape index (κ1) is 5.11. The Labute approximate surface area is 68.0 Å². The normalized spacial score (nSPS) is 6.50. The van der Waals surface area contributed by atoms with Crippen LogP contribution in [-0.4, -0.2) is 62.9 Å². The minimum Gasteiger partial charge on any atom is -0.483 e. The van der Waals surface area contributed by atoms with E-state index >= 15 is 0 Å². The largest absolute Gasteiger partial charge is 0.483 e. The van der Waals surface area contributed by atoms with Gasteiger partial charge in [-0.05, 0) is 0 Å². The topological polar surface area (TPSA) is 37.3 Å². The number of rotatable bonds is 0. The summed E-state index contributed by atoms with van der Waals surface area (Å²) in [6, 6.07) is 0. The Balaban J connectivity index is 0. The molecule has 0 heterocycles. The van der Waals surface area contributed by atoms with E-state index in [1.165, 1.54) is 0 Å². The predicted molar refractivity (Wildman–Crippen MR) is 14.4 cm³/mol. The van der Waals surface area contributed by atoms with E-state index in [4.69, 9.17) is 11.3 Å². The summed E-state index contributed by atoms with van der Waals surface area (Å²) in [6.45, 7) is 0. The Hall–Kier alpha value is 1.11. The first-order chi connectivity index (χ1) is 1.73. The molecule has 0 aliphatic carbocycles. The molecule has 0 aliphatic heterocycles.